The molecule has 0 unspecified atom stereocenters. The standard InChI is InChI=1S/C16H19N3O2S/c1-12(2)14-4-6-16(7-5-14)22(20,21)19-18-13(3)15-8-10-17-11-9-15/h4-12,19H,1-3H3/b18-13+. The van der Waals surface area contributed by atoms with E-state index in [0.717, 1.165) is 11.1 Å². The van der Waals surface area contributed by atoms with E-state index in [0.29, 0.717) is 11.6 Å². The topological polar surface area (TPSA) is 71.4 Å². The predicted molar refractivity (Wildman–Crippen MR) is 87.3 cm³/mol. The van der Waals surface area contributed by atoms with Crippen LogP contribution in [0.5, 0.6) is 0 Å². The molecule has 2 rings (SSSR count). The number of hydrogen-bond acceptors (Lipinski definition) is 4. The Hall–Kier alpha value is -2.21. The Kier molecular flexibility index (Phi) is 4.92. The van der Waals surface area contributed by atoms with Gasteiger partial charge in [0.15, 0.2) is 0 Å². The molecule has 6 heteroatoms. The van der Waals surface area contributed by atoms with Crippen LogP contribution in [-0.4, -0.2) is 19.1 Å². The maximum absolute atomic E-state index is 12.2. The van der Waals surface area contributed by atoms with Crippen LogP contribution in [0.15, 0.2) is 58.8 Å². The van der Waals surface area contributed by atoms with Crippen molar-refractivity contribution in [3.8, 4) is 0 Å². The highest BCUT2D eigenvalue weighted by atomic mass is 32.2. The minimum Gasteiger partial charge on any atom is -0.265 e. The Morgan fingerprint density at radius 2 is 1.68 bits per heavy atom. The zero-order valence-electron chi connectivity index (χ0n) is 12.8. The number of hydrazone groups is 1. The number of aromatic nitrogens is 1. The van der Waals surface area contributed by atoms with E-state index in [4.69, 9.17) is 0 Å². The molecular weight excluding hydrogens is 298 g/mol. The summed E-state index contributed by atoms with van der Waals surface area (Å²) < 4.78 is 24.4. The first-order valence-electron chi connectivity index (χ1n) is 6.96. The molecule has 1 N–H and O–H groups in total. The lowest BCUT2D eigenvalue weighted by molar-refractivity contribution is 0.584. The summed E-state index contributed by atoms with van der Waals surface area (Å²) in [5, 5.41) is 3.95. The fourth-order valence-corrected chi connectivity index (χ4v) is 2.73. The summed E-state index contributed by atoms with van der Waals surface area (Å²) in [7, 11) is -3.66. The Morgan fingerprint density at radius 3 is 2.23 bits per heavy atom. The number of benzene rings is 1. The van der Waals surface area contributed by atoms with Crippen molar-refractivity contribution in [1.82, 2.24) is 9.82 Å². The molecule has 0 aliphatic heterocycles. The van der Waals surface area contributed by atoms with E-state index >= 15 is 0 Å². The molecule has 0 aliphatic rings. The number of rotatable bonds is 5. The second kappa shape index (κ2) is 6.70. The van der Waals surface area contributed by atoms with Gasteiger partial charge in [0.25, 0.3) is 10.0 Å². The van der Waals surface area contributed by atoms with Gasteiger partial charge in [-0.2, -0.15) is 18.4 Å². The Bertz CT molecular complexity index is 752. The molecule has 0 fully saturated rings. The largest absolute Gasteiger partial charge is 0.276 e. The van der Waals surface area contributed by atoms with E-state index in [9.17, 15) is 8.42 Å². The van der Waals surface area contributed by atoms with Crippen molar-refractivity contribution in [1.29, 1.82) is 0 Å². The van der Waals surface area contributed by atoms with Crippen molar-refractivity contribution >= 4 is 15.7 Å². The fourth-order valence-electron chi connectivity index (χ4n) is 1.87. The molecule has 0 atom stereocenters. The highest BCUT2D eigenvalue weighted by molar-refractivity contribution is 7.89. The van der Waals surface area contributed by atoms with Crippen LogP contribution in [0.2, 0.25) is 0 Å². The molecule has 0 saturated heterocycles. The first kappa shape index (κ1) is 16.2. The maximum Gasteiger partial charge on any atom is 0.276 e. The molecule has 0 radical (unpaired) electrons. The van der Waals surface area contributed by atoms with Gasteiger partial charge in [-0.1, -0.05) is 26.0 Å². The molecule has 116 valence electrons. The molecule has 0 amide bonds. The lowest BCUT2D eigenvalue weighted by Gasteiger charge is -2.08. The average molecular weight is 317 g/mol. The normalized spacial score (nSPS) is 12.5. The Morgan fingerprint density at radius 1 is 1.09 bits per heavy atom. The monoisotopic (exact) mass is 317 g/mol. The summed E-state index contributed by atoms with van der Waals surface area (Å²) in [5.41, 5.74) is 2.48. The zero-order chi connectivity index (χ0) is 16.2. The van der Waals surface area contributed by atoms with Crippen molar-refractivity contribution in [3.63, 3.8) is 0 Å². The molecule has 22 heavy (non-hydrogen) atoms. The van der Waals surface area contributed by atoms with Gasteiger partial charge in [0.2, 0.25) is 0 Å². The summed E-state index contributed by atoms with van der Waals surface area (Å²) in [4.78, 5) is 6.37. The number of hydrogen-bond donors (Lipinski definition) is 1. The van der Waals surface area contributed by atoms with Crippen molar-refractivity contribution in [2.75, 3.05) is 0 Å². The van der Waals surface area contributed by atoms with E-state index in [1.54, 1.807) is 43.6 Å². The van der Waals surface area contributed by atoms with E-state index in [2.05, 4.69) is 28.8 Å². The van der Waals surface area contributed by atoms with E-state index in [1.807, 2.05) is 12.1 Å². The quantitative estimate of drug-likeness (QED) is 0.681. The van der Waals surface area contributed by atoms with Crippen molar-refractivity contribution in [3.05, 3.63) is 59.9 Å². The van der Waals surface area contributed by atoms with Crippen molar-refractivity contribution < 1.29 is 8.42 Å². The smallest absolute Gasteiger partial charge is 0.265 e. The zero-order valence-corrected chi connectivity index (χ0v) is 13.6. The summed E-state index contributed by atoms with van der Waals surface area (Å²) in [6.07, 6.45) is 3.26. The van der Waals surface area contributed by atoms with Gasteiger partial charge < -0.3 is 0 Å². The van der Waals surface area contributed by atoms with Gasteiger partial charge in [0.1, 0.15) is 0 Å². The summed E-state index contributed by atoms with van der Waals surface area (Å²) in [5.74, 6) is 0.358. The third-order valence-electron chi connectivity index (χ3n) is 3.29. The van der Waals surface area contributed by atoms with Gasteiger partial charge >= 0.3 is 0 Å². The molecule has 0 bridgehead atoms. The third-order valence-corrected chi connectivity index (χ3v) is 4.51. The SMILES string of the molecule is C/C(=N\NS(=O)(=O)c1ccc(C(C)C)cc1)c1ccncc1. The van der Waals surface area contributed by atoms with Gasteiger partial charge in [-0.15, -0.1) is 0 Å². The lowest BCUT2D eigenvalue weighted by atomic mass is 10.0. The number of nitrogens with zero attached hydrogens (tertiary/aromatic N) is 2. The van der Waals surface area contributed by atoms with Crippen LogP contribution in [0.1, 0.15) is 37.8 Å². The van der Waals surface area contributed by atoms with E-state index in [-0.39, 0.29) is 4.90 Å². The Labute approximate surface area is 131 Å². The highest BCUT2D eigenvalue weighted by Gasteiger charge is 2.13. The minimum atomic E-state index is -3.66. The fraction of sp³-hybridized carbons (Fsp3) is 0.250. The molecule has 2 aromatic rings. The van der Waals surface area contributed by atoms with Gasteiger partial charge in [-0.25, -0.2) is 0 Å². The second-order valence-corrected chi connectivity index (χ2v) is 6.91. The van der Waals surface area contributed by atoms with Gasteiger partial charge in [0, 0.05) is 18.0 Å². The molecule has 0 saturated carbocycles. The first-order valence-corrected chi connectivity index (χ1v) is 8.45. The third kappa shape index (κ3) is 3.92. The lowest BCUT2D eigenvalue weighted by Crippen LogP contribution is -2.20. The molecule has 1 aromatic carbocycles. The van der Waals surface area contributed by atoms with Crippen molar-refractivity contribution in [2.45, 2.75) is 31.6 Å². The molecule has 0 spiro atoms. The van der Waals surface area contributed by atoms with E-state index in [1.165, 1.54) is 0 Å². The maximum atomic E-state index is 12.2. The number of nitrogens with one attached hydrogen (secondary N) is 1. The minimum absolute atomic E-state index is 0.197. The summed E-state index contributed by atoms with van der Waals surface area (Å²) in [6.45, 7) is 5.86. The van der Waals surface area contributed by atoms with Crippen LogP contribution in [-0.2, 0) is 10.0 Å². The van der Waals surface area contributed by atoms with Crippen LogP contribution >= 0.6 is 0 Å². The van der Waals surface area contributed by atoms with Gasteiger partial charge in [0.05, 0.1) is 10.6 Å². The molecule has 5 nitrogen and oxygen atoms in total. The Balaban J connectivity index is 2.17. The molecule has 1 aromatic heterocycles. The van der Waals surface area contributed by atoms with Gasteiger partial charge in [-0.3, -0.25) is 4.98 Å². The summed E-state index contributed by atoms with van der Waals surface area (Å²) >= 11 is 0. The molecule has 0 aliphatic carbocycles. The van der Waals surface area contributed by atoms with Crippen LogP contribution in [0.25, 0.3) is 0 Å². The van der Waals surface area contributed by atoms with Gasteiger partial charge in [-0.05, 0) is 42.7 Å². The molecular formula is C16H19N3O2S. The van der Waals surface area contributed by atoms with Crippen LogP contribution < -0.4 is 4.83 Å². The highest BCUT2D eigenvalue weighted by Crippen LogP contribution is 2.17. The van der Waals surface area contributed by atoms with Crippen LogP contribution in [0, 0.1) is 0 Å². The van der Waals surface area contributed by atoms with E-state index < -0.39 is 10.0 Å². The summed E-state index contributed by atoms with van der Waals surface area (Å²) in [6, 6.07) is 10.4. The predicted octanol–water partition coefficient (Wildman–Crippen LogP) is 2.91. The number of sulfonamides is 1. The average Bonchev–Trinajstić information content (AvgIpc) is 2.53. The van der Waals surface area contributed by atoms with Crippen molar-refractivity contribution in [2.24, 2.45) is 5.10 Å². The second-order valence-electron chi connectivity index (χ2n) is 5.25. The number of pyridine rings is 1. The first-order chi connectivity index (χ1) is 10.4. The molecule has 1 heterocycles. The van der Waals surface area contributed by atoms with Crippen LogP contribution in [0.4, 0.5) is 0 Å². The van der Waals surface area contributed by atoms with Crippen LogP contribution in [0.3, 0.4) is 0 Å².